The standard InChI is InChI=1S/C11H21N5O/c1-5-8(2)14-11(17)9(3)12-6-10-15-13-7-16(10)4/h7-9,12H,5-6H2,1-4H3,(H,14,17). The van der Waals surface area contributed by atoms with Gasteiger partial charge in [0.15, 0.2) is 0 Å². The Morgan fingerprint density at radius 3 is 2.76 bits per heavy atom. The number of carbonyl (C=O) groups is 1. The molecular formula is C11H21N5O. The Hall–Kier alpha value is -1.43. The maximum Gasteiger partial charge on any atom is 0.237 e. The van der Waals surface area contributed by atoms with Gasteiger partial charge in [-0.3, -0.25) is 10.1 Å². The quantitative estimate of drug-likeness (QED) is 0.744. The lowest BCUT2D eigenvalue weighted by Gasteiger charge is -2.17. The van der Waals surface area contributed by atoms with Crippen LogP contribution < -0.4 is 10.6 Å². The number of hydrogen-bond acceptors (Lipinski definition) is 4. The zero-order valence-electron chi connectivity index (χ0n) is 10.9. The van der Waals surface area contributed by atoms with Gasteiger partial charge in [0.2, 0.25) is 5.91 Å². The first-order valence-electron chi connectivity index (χ1n) is 5.91. The highest BCUT2D eigenvalue weighted by atomic mass is 16.2. The SMILES string of the molecule is CCC(C)NC(=O)C(C)NCc1nncn1C. The minimum Gasteiger partial charge on any atom is -0.352 e. The number of rotatable bonds is 6. The van der Waals surface area contributed by atoms with Gasteiger partial charge in [0.1, 0.15) is 12.2 Å². The fourth-order valence-electron chi connectivity index (χ4n) is 1.27. The molecule has 1 rings (SSSR count). The van der Waals surface area contributed by atoms with E-state index in [0.29, 0.717) is 6.54 Å². The number of carbonyl (C=O) groups excluding carboxylic acids is 1. The van der Waals surface area contributed by atoms with Crippen molar-refractivity contribution in [3.63, 3.8) is 0 Å². The summed E-state index contributed by atoms with van der Waals surface area (Å²) in [6, 6.07) is -0.0257. The second-order valence-electron chi connectivity index (χ2n) is 4.28. The Kier molecular flexibility index (Phi) is 5.09. The van der Waals surface area contributed by atoms with Gasteiger partial charge in [-0.15, -0.1) is 10.2 Å². The van der Waals surface area contributed by atoms with Gasteiger partial charge in [-0.25, -0.2) is 0 Å². The molecule has 0 fully saturated rings. The summed E-state index contributed by atoms with van der Waals surface area (Å²) in [4.78, 5) is 11.7. The van der Waals surface area contributed by atoms with Crippen molar-refractivity contribution >= 4 is 5.91 Å². The molecule has 0 aliphatic rings. The highest BCUT2D eigenvalue weighted by Crippen LogP contribution is 1.94. The number of amides is 1. The van der Waals surface area contributed by atoms with Gasteiger partial charge in [0.05, 0.1) is 12.6 Å². The van der Waals surface area contributed by atoms with E-state index in [2.05, 4.69) is 20.8 Å². The lowest BCUT2D eigenvalue weighted by atomic mass is 10.2. The largest absolute Gasteiger partial charge is 0.352 e. The zero-order valence-corrected chi connectivity index (χ0v) is 10.9. The highest BCUT2D eigenvalue weighted by Gasteiger charge is 2.14. The Morgan fingerprint density at radius 1 is 1.53 bits per heavy atom. The van der Waals surface area contributed by atoms with Crippen LogP contribution >= 0.6 is 0 Å². The molecule has 17 heavy (non-hydrogen) atoms. The van der Waals surface area contributed by atoms with E-state index >= 15 is 0 Å². The number of aryl methyl sites for hydroxylation is 1. The average molecular weight is 239 g/mol. The molecule has 1 aromatic heterocycles. The third-order valence-corrected chi connectivity index (χ3v) is 2.77. The molecule has 1 heterocycles. The van der Waals surface area contributed by atoms with E-state index in [1.54, 1.807) is 6.33 Å². The van der Waals surface area contributed by atoms with Crippen molar-refractivity contribution in [2.45, 2.75) is 45.8 Å². The molecule has 0 aliphatic heterocycles. The van der Waals surface area contributed by atoms with Crippen LogP contribution in [-0.2, 0) is 18.4 Å². The van der Waals surface area contributed by atoms with Crippen LogP contribution in [0.15, 0.2) is 6.33 Å². The Balaban J connectivity index is 2.36. The summed E-state index contributed by atoms with van der Waals surface area (Å²) < 4.78 is 1.83. The zero-order chi connectivity index (χ0) is 12.8. The normalized spacial score (nSPS) is 14.4. The molecule has 6 nitrogen and oxygen atoms in total. The molecule has 2 unspecified atom stereocenters. The van der Waals surface area contributed by atoms with Crippen molar-refractivity contribution in [2.24, 2.45) is 7.05 Å². The molecule has 1 amide bonds. The Morgan fingerprint density at radius 2 is 2.24 bits per heavy atom. The lowest BCUT2D eigenvalue weighted by molar-refractivity contribution is -0.123. The molecule has 6 heteroatoms. The van der Waals surface area contributed by atoms with E-state index in [4.69, 9.17) is 0 Å². The Bertz CT molecular complexity index is 362. The van der Waals surface area contributed by atoms with Gasteiger partial charge in [0, 0.05) is 13.1 Å². The van der Waals surface area contributed by atoms with E-state index in [0.717, 1.165) is 12.2 Å². The molecule has 0 aromatic carbocycles. The molecule has 0 bridgehead atoms. The Labute approximate surface area is 102 Å². The smallest absolute Gasteiger partial charge is 0.237 e. The predicted octanol–water partition coefficient (Wildman–Crippen LogP) is 0.208. The number of nitrogens with one attached hydrogen (secondary N) is 2. The summed E-state index contributed by atoms with van der Waals surface area (Å²) in [5, 5.41) is 13.8. The summed E-state index contributed by atoms with van der Waals surface area (Å²) in [5.41, 5.74) is 0. The van der Waals surface area contributed by atoms with E-state index < -0.39 is 0 Å². The summed E-state index contributed by atoms with van der Waals surface area (Å²) in [7, 11) is 1.88. The van der Waals surface area contributed by atoms with E-state index in [1.165, 1.54) is 0 Å². The van der Waals surface area contributed by atoms with Crippen molar-refractivity contribution in [3.8, 4) is 0 Å². The van der Waals surface area contributed by atoms with Crippen LogP contribution in [0.5, 0.6) is 0 Å². The highest BCUT2D eigenvalue weighted by molar-refractivity contribution is 5.81. The maximum absolute atomic E-state index is 11.7. The summed E-state index contributed by atoms with van der Waals surface area (Å²) in [6.07, 6.45) is 2.57. The number of hydrogen-bond donors (Lipinski definition) is 2. The van der Waals surface area contributed by atoms with Gasteiger partial charge < -0.3 is 9.88 Å². The van der Waals surface area contributed by atoms with E-state index in [-0.39, 0.29) is 18.0 Å². The van der Waals surface area contributed by atoms with Crippen molar-refractivity contribution in [1.82, 2.24) is 25.4 Å². The molecule has 0 saturated carbocycles. The second-order valence-corrected chi connectivity index (χ2v) is 4.28. The molecule has 0 radical (unpaired) electrons. The molecule has 0 spiro atoms. The molecule has 2 atom stereocenters. The average Bonchev–Trinajstić information content (AvgIpc) is 2.71. The van der Waals surface area contributed by atoms with Crippen molar-refractivity contribution in [1.29, 1.82) is 0 Å². The minimum atomic E-state index is -0.235. The number of aromatic nitrogens is 3. The summed E-state index contributed by atoms with van der Waals surface area (Å²) in [6.45, 7) is 6.41. The molecular weight excluding hydrogens is 218 g/mol. The van der Waals surface area contributed by atoms with Gasteiger partial charge >= 0.3 is 0 Å². The van der Waals surface area contributed by atoms with Crippen LogP contribution in [0.1, 0.15) is 33.0 Å². The van der Waals surface area contributed by atoms with Crippen LogP contribution in [0.2, 0.25) is 0 Å². The molecule has 1 aromatic rings. The van der Waals surface area contributed by atoms with E-state index in [1.807, 2.05) is 32.4 Å². The van der Waals surface area contributed by atoms with Gasteiger partial charge in [-0.1, -0.05) is 6.92 Å². The predicted molar refractivity (Wildman–Crippen MR) is 65.2 cm³/mol. The summed E-state index contributed by atoms with van der Waals surface area (Å²) >= 11 is 0. The second kappa shape index (κ2) is 6.34. The molecule has 2 N–H and O–H groups in total. The monoisotopic (exact) mass is 239 g/mol. The van der Waals surface area contributed by atoms with Crippen LogP contribution in [0.25, 0.3) is 0 Å². The first-order valence-corrected chi connectivity index (χ1v) is 5.91. The third kappa shape index (κ3) is 4.14. The van der Waals surface area contributed by atoms with Crippen LogP contribution in [-0.4, -0.2) is 32.8 Å². The van der Waals surface area contributed by atoms with E-state index in [9.17, 15) is 4.79 Å². The van der Waals surface area contributed by atoms with Gasteiger partial charge in [0.25, 0.3) is 0 Å². The van der Waals surface area contributed by atoms with Gasteiger partial charge in [-0.05, 0) is 20.3 Å². The fourth-order valence-corrected chi connectivity index (χ4v) is 1.27. The molecule has 0 saturated heterocycles. The van der Waals surface area contributed by atoms with Crippen LogP contribution in [0.3, 0.4) is 0 Å². The minimum absolute atomic E-state index is 0.0153. The third-order valence-electron chi connectivity index (χ3n) is 2.77. The first-order chi connectivity index (χ1) is 8.04. The van der Waals surface area contributed by atoms with Crippen molar-refractivity contribution in [2.75, 3.05) is 0 Å². The number of nitrogens with zero attached hydrogens (tertiary/aromatic N) is 3. The van der Waals surface area contributed by atoms with Crippen molar-refractivity contribution < 1.29 is 4.79 Å². The fraction of sp³-hybridized carbons (Fsp3) is 0.727. The maximum atomic E-state index is 11.7. The topological polar surface area (TPSA) is 71.8 Å². The van der Waals surface area contributed by atoms with Crippen molar-refractivity contribution in [3.05, 3.63) is 12.2 Å². The molecule has 0 aliphatic carbocycles. The molecule has 96 valence electrons. The first kappa shape index (κ1) is 13.6. The van der Waals surface area contributed by atoms with Crippen LogP contribution in [0.4, 0.5) is 0 Å². The van der Waals surface area contributed by atoms with Crippen LogP contribution in [0, 0.1) is 0 Å². The lowest BCUT2D eigenvalue weighted by Crippen LogP contribution is -2.45. The summed E-state index contributed by atoms with van der Waals surface area (Å²) in [5.74, 6) is 0.828. The van der Waals surface area contributed by atoms with Gasteiger partial charge in [-0.2, -0.15) is 0 Å².